The summed E-state index contributed by atoms with van der Waals surface area (Å²) in [6.07, 6.45) is 1.74. The Kier molecular flexibility index (Phi) is 6.29. The molecule has 5 nitrogen and oxygen atoms in total. The number of hydrogen-bond donors (Lipinski definition) is 1. The molecule has 1 aromatic carbocycles. The second kappa shape index (κ2) is 8.43. The summed E-state index contributed by atoms with van der Waals surface area (Å²) in [4.78, 5) is 14.6. The number of para-hydroxylation sites is 1. The average Bonchev–Trinajstić information content (AvgIpc) is 2.63. The van der Waals surface area contributed by atoms with Crippen LogP contribution in [0.4, 0.5) is 11.5 Å². The van der Waals surface area contributed by atoms with Crippen LogP contribution >= 0.6 is 0 Å². The van der Waals surface area contributed by atoms with Gasteiger partial charge in [-0.25, -0.2) is 0 Å². The van der Waals surface area contributed by atoms with E-state index in [1.165, 1.54) is 0 Å². The maximum absolute atomic E-state index is 12.5. The van der Waals surface area contributed by atoms with Crippen molar-refractivity contribution in [2.75, 3.05) is 23.3 Å². The van der Waals surface area contributed by atoms with Crippen LogP contribution in [0.25, 0.3) is 0 Å². The Morgan fingerprint density at radius 3 is 2.04 bits per heavy atom. The number of anilines is 2. The van der Waals surface area contributed by atoms with E-state index in [4.69, 9.17) is 0 Å². The third-order valence-corrected chi connectivity index (χ3v) is 4.21. The number of amides is 1. The summed E-state index contributed by atoms with van der Waals surface area (Å²) in [6.45, 7) is 10.0. The molecule has 0 saturated carbocycles. The molecular weight excluding hydrogens is 300 g/mol. The number of nitrogens with one attached hydrogen (secondary N) is 1. The highest BCUT2D eigenvalue weighted by molar-refractivity contribution is 6.03. The van der Waals surface area contributed by atoms with E-state index in [-0.39, 0.29) is 5.91 Å². The van der Waals surface area contributed by atoms with Crippen LogP contribution in [0.2, 0.25) is 0 Å². The standard InChI is InChI=1S/C19H26N4O/c1-5-14-10-9-11-15(6-2)18(14)20-19(24)16-12-13-17(22-21-16)23(7-3)8-4/h9-13H,5-8H2,1-4H3,(H,20,24). The highest BCUT2D eigenvalue weighted by atomic mass is 16.1. The molecule has 0 aliphatic rings. The zero-order valence-corrected chi connectivity index (χ0v) is 15.0. The van der Waals surface area contributed by atoms with Gasteiger partial charge in [-0.1, -0.05) is 32.0 Å². The molecule has 0 unspecified atom stereocenters. The number of aryl methyl sites for hydroxylation is 2. The molecule has 24 heavy (non-hydrogen) atoms. The molecule has 128 valence electrons. The first kappa shape index (κ1) is 17.9. The molecule has 0 fully saturated rings. The Labute approximate surface area is 144 Å². The number of aromatic nitrogens is 2. The molecule has 0 bridgehead atoms. The van der Waals surface area contributed by atoms with E-state index in [1.807, 2.05) is 24.3 Å². The molecule has 0 spiro atoms. The van der Waals surface area contributed by atoms with Crippen molar-refractivity contribution < 1.29 is 4.79 Å². The van der Waals surface area contributed by atoms with Crippen LogP contribution in [-0.4, -0.2) is 29.2 Å². The molecule has 1 heterocycles. The Hall–Kier alpha value is -2.43. The molecule has 1 amide bonds. The van der Waals surface area contributed by atoms with Crippen molar-refractivity contribution in [1.82, 2.24) is 10.2 Å². The molecule has 5 heteroatoms. The topological polar surface area (TPSA) is 58.1 Å². The molecule has 0 saturated heterocycles. The van der Waals surface area contributed by atoms with E-state index in [1.54, 1.807) is 6.07 Å². The Morgan fingerprint density at radius 1 is 0.958 bits per heavy atom. The van der Waals surface area contributed by atoms with E-state index in [0.29, 0.717) is 5.69 Å². The summed E-state index contributed by atoms with van der Waals surface area (Å²) in [6, 6.07) is 9.71. The van der Waals surface area contributed by atoms with Crippen molar-refractivity contribution in [2.24, 2.45) is 0 Å². The van der Waals surface area contributed by atoms with Gasteiger partial charge in [0.15, 0.2) is 11.5 Å². The maximum Gasteiger partial charge on any atom is 0.276 e. The fraction of sp³-hybridized carbons (Fsp3) is 0.421. The smallest absolute Gasteiger partial charge is 0.276 e. The van der Waals surface area contributed by atoms with E-state index in [0.717, 1.165) is 48.6 Å². The zero-order chi connectivity index (χ0) is 17.5. The van der Waals surface area contributed by atoms with Gasteiger partial charge in [-0.15, -0.1) is 10.2 Å². The van der Waals surface area contributed by atoms with Gasteiger partial charge < -0.3 is 10.2 Å². The van der Waals surface area contributed by atoms with Gasteiger partial charge in [0.05, 0.1) is 0 Å². The minimum Gasteiger partial charge on any atom is -0.356 e. The zero-order valence-electron chi connectivity index (χ0n) is 15.0. The molecule has 0 radical (unpaired) electrons. The van der Waals surface area contributed by atoms with E-state index >= 15 is 0 Å². The number of hydrogen-bond acceptors (Lipinski definition) is 4. The van der Waals surface area contributed by atoms with E-state index < -0.39 is 0 Å². The fourth-order valence-corrected chi connectivity index (χ4v) is 2.74. The first-order valence-electron chi connectivity index (χ1n) is 8.65. The number of rotatable bonds is 7. The second-order valence-corrected chi connectivity index (χ2v) is 5.56. The van der Waals surface area contributed by atoms with Crippen molar-refractivity contribution in [3.8, 4) is 0 Å². The number of nitrogens with zero attached hydrogens (tertiary/aromatic N) is 3. The van der Waals surface area contributed by atoms with Gasteiger partial charge in [0.2, 0.25) is 0 Å². The largest absolute Gasteiger partial charge is 0.356 e. The highest BCUT2D eigenvalue weighted by Gasteiger charge is 2.14. The first-order valence-corrected chi connectivity index (χ1v) is 8.65. The average molecular weight is 326 g/mol. The van der Waals surface area contributed by atoms with Gasteiger partial charge in [0.25, 0.3) is 5.91 Å². The lowest BCUT2D eigenvalue weighted by atomic mass is 10.0. The van der Waals surface area contributed by atoms with Crippen molar-refractivity contribution in [3.05, 3.63) is 47.2 Å². The Bertz CT molecular complexity index is 656. The van der Waals surface area contributed by atoms with Crippen molar-refractivity contribution in [3.63, 3.8) is 0 Å². The number of carbonyl (C=O) groups excluding carboxylic acids is 1. The van der Waals surface area contributed by atoms with Gasteiger partial charge in [-0.3, -0.25) is 4.79 Å². The molecule has 1 aromatic heterocycles. The molecule has 0 aliphatic heterocycles. The Morgan fingerprint density at radius 2 is 1.58 bits per heavy atom. The maximum atomic E-state index is 12.5. The normalized spacial score (nSPS) is 10.5. The summed E-state index contributed by atoms with van der Waals surface area (Å²) in [5.41, 5.74) is 3.51. The van der Waals surface area contributed by atoms with Crippen LogP contribution in [0.5, 0.6) is 0 Å². The van der Waals surface area contributed by atoms with Crippen LogP contribution in [-0.2, 0) is 12.8 Å². The van der Waals surface area contributed by atoms with Crippen LogP contribution in [0.3, 0.4) is 0 Å². The van der Waals surface area contributed by atoms with Gasteiger partial charge in [0, 0.05) is 18.8 Å². The third-order valence-electron chi connectivity index (χ3n) is 4.21. The molecule has 2 rings (SSSR count). The van der Waals surface area contributed by atoms with Gasteiger partial charge >= 0.3 is 0 Å². The molecule has 0 aliphatic carbocycles. The van der Waals surface area contributed by atoms with Crippen LogP contribution in [0.15, 0.2) is 30.3 Å². The molecule has 0 atom stereocenters. The van der Waals surface area contributed by atoms with Crippen LogP contribution in [0, 0.1) is 0 Å². The van der Waals surface area contributed by atoms with Crippen LogP contribution < -0.4 is 10.2 Å². The monoisotopic (exact) mass is 326 g/mol. The lowest BCUT2D eigenvalue weighted by molar-refractivity contribution is 0.102. The highest BCUT2D eigenvalue weighted by Crippen LogP contribution is 2.23. The van der Waals surface area contributed by atoms with E-state index in [2.05, 4.69) is 48.1 Å². The minimum atomic E-state index is -0.218. The molecule has 1 N–H and O–H groups in total. The lowest BCUT2D eigenvalue weighted by Crippen LogP contribution is -2.24. The minimum absolute atomic E-state index is 0.218. The van der Waals surface area contributed by atoms with Gasteiger partial charge in [-0.2, -0.15) is 0 Å². The summed E-state index contributed by atoms with van der Waals surface area (Å²) in [5, 5.41) is 11.3. The summed E-state index contributed by atoms with van der Waals surface area (Å²) in [7, 11) is 0. The third kappa shape index (κ3) is 3.91. The summed E-state index contributed by atoms with van der Waals surface area (Å²) < 4.78 is 0. The van der Waals surface area contributed by atoms with E-state index in [9.17, 15) is 4.79 Å². The first-order chi connectivity index (χ1) is 11.6. The van der Waals surface area contributed by atoms with Gasteiger partial charge in [0.1, 0.15) is 0 Å². The quantitative estimate of drug-likeness (QED) is 0.843. The molecular formula is C19H26N4O. The van der Waals surface area contributed by atoms with Crippen LogP contribution in [0.1, 0.15) is 49.3 Å². The van der Waals surface area contributed by atoms with Crippen molar-refractivity contribution >= 4 is 17.4 Å². The van der Waals surface area contributed by atoms with Gasteiger partial charge in [-0.05, 0) is 49.9 Å². The summed E-state index contributed by atoms with van der Waals surface area (Å²) >= 11 is 0. The molecule has 2 aromatic rings. The van der Waals surface area contributed by atoms with Crippen molar-refractivity contribution in [2.45, 2.75) is 40.5 Å². The van der Waals surface area contributed by atoms with Crippen molar-refractivity contribution in [1.29, 1.82) is 0 Å². The number of carbonyl (C=O) groups is 1. The Balaban J connectivity index is 2.22. The SMILES string of the molecule is CCc1cccc(CC)c1NC(=O)c1ccc(N(CC)CC)nn1. The lowest BCUT2D eigenvalue weighted by Gasteiger charge is -2.19. The number of benzene rings is 1. The second-order valence-electron chi connectivity index (χ2n) is 5.56. The predicted molar refractivity (Wildman–Crippen MR) is 98.7 cm³/mol. The fourth-order valence-electron chi connectivity index (χ4n) is 2.74. The summed E-state index contributed by atoms with van der Waals surface area (Å²) in [5.74, 6) is 0.573. The predicted octanol–water partition coefficient (Wildman–Crippen LogP) is 3.70.